The van der Waals surface area contributed by atoms with Crippen molar-refractivity contribution in [2.24, 2.45) is 52.3 Å². The summed E-state index contributed by atoms with van der Waals surface area (Å²) in [5.41, 5.74) is -0.0296. The summed E-state index contributed by atoms with van der Waals surface area (Å²) in [4.78, 5) is 0. The molecule has 1 spiro atoms. The summed E-state index contributed by atoms with van der Waals surface area (Å²) >= 11 is 0. The summed E-state index contributed by atoms with van der Waals surface area (Å²) in [6.45, 7) is 10.2. The van der Waals surface area contributed by atoms with E-state index in [1.807, 2.05) is 0 Å². The largest absolute Gasteiger partial charge is 0.394 e. The monoisotopic (exact) mass is 902 g/mol. The second kappa shape index (κ2) is 17.7. The average molecular weight is 903 g/mol. The highest BCUT2D eigenvalue weighted by Gasteiger charge is 2.69. The number of aliphatic hydroxyl groups is 10. The summed E-state index contributed by atoms with van der Waals surface area (Å²) in [6, 6.07) is 0. The third-order valence-corrected chi connectivity index (χ3v) is 18.3. The minimum Gasteiger partial charge on any atom is -0.394 e. The molecule has 9 fully saturated rings. The molecular weight excluding hydrogens is 828 g/mol. The highest BCUT2D eigenvalue weighted by molar-refractivity contribution is 5.16. The van der Waals surface area contributed by atoms with Gasteiger partial charge in [-0.25, -0.2) is 0 Å². The quantitative estimate of drug-likeness (QED) is 0.134. The van der Waals surface area contributed by atoms with Gasteiger partial charge < -0.3 is 89.0 Å². The molecule has 0 aromatic rings. The van der Waals surface area contributed by atoms with E-state index in [0.29, 0.717) is 48.3 Å². The average Bonchev–Trinajstić information content (AvgIpc) is 3.70. The highest BCUT2D eigenvalue weighted by atomic mass is 16.8. The SMILES string of the molecule is CC1C2C(C[C@H]3[C@@H]4CC[C@H]5C[C@@H](O[C@@H]6O[C@H](CO)[C@H](O[C@@H]7O[C@H](CO)[C@@H](O)[C@H](O)[C@H]7O)[C@H](O)[C@H]6O[C@@H]6O[C@@H](C)[C@H](O)[C@@H](O)[C@H]6O)[C@H](O)C[C@]5(C)[C@H]4CC[C@]23C)O[C@]12CC[C@@H](C)CO2. The standard InChI is InChI=1S/C45H74O18/c1-18-8-11-45(56-17-18)19(2)30-27(63-45)13-24-22-7-6-21-12-26(25(48)14-44(21,5)23(22)9-10-43(24,30)4)58-42-39(62-40-35(53)33(51)31(49)20(3)57-40)37(55)38(29(16-47)60-42)61-41-36(54)34(52)32(50)28(15-46)59-41/h18-42,46-55H,6-17H2,1-5H3/t18-,19?,20+,21+,22-,23+,24+,25-,26-,27?,28-,29-,30?,31+,32-,33-,34+,35-,36-,37+,38+,39-,40+,41+,42-,43+,44+,45-/m1/s1. The fraction of sp³-hybridized carbons (Fsp3) is 1.00. The lowest BCUT2D eigenvalue weighted by molar-refractivity contribution is -0.392. The first-order chi connectivity index (χ1) is 29.8. The van der Waals surface area contributed by atoms with Gasteiger partial charge in [0.25, 0.3) is 0 Å². The molecule has 3 unspecified atom stereocenters. The molecule has 5 heterocycles. The molecule has 10 N–H and O–H groups in total. The fourth-order valence-corrected chi connectivity index (χ4v) is 14.7. The third kappa shape index (κ3) is 7.79. The molecule has 0 amide bonds. The zero-order valence-corrected chi connectivity index (χ0v) is 37.2. The van der Waals surface area contributed by atoms with E-state index in [9.17, 15) is 51.1 Å². The Balaban J connectivity index is 0.916. The maximum absolute atomic E-state index is 12.1. The van der Waals surface area contributed by atoms with Gasteiger partial charge in [0.2, 0.25) is 0 Å². The van der Waals surface area contributed by atoms with E-state index in [1.165, 1.54) is 6.92 Å². The van der Waals surface area contributed by atoms with Crippen molar-refractivity contribution in [3.8, 4) is 0 Å². The van der Waals surface area contributed by atoms with Gasteiger partial charge in [-0.15, -0.1) is 0 Å². The van der Waals surface area contributed by atoms with Gasteiger partial charge in [-0.05, 0) is 105 Å². The summed E-state index contributed by atoms with van der Waals surface area (Å²) in [7, 11) is 0. The van der Waals surface area contributed by atoms with Crippen LogP contribution in [0.1, 0.15) is 92.4 Å². The van der Waals surface area contributed by atoms with Gasteiger partial charge in [-0.3, -0.25) is 0 Å². The van der Waals surface area contributed by atoms with Gasteiger partial charge in [0.15, 0.2) is 24.7 Å². The van der Waals surface area contributed by atoms with Crippen LogP contribution in [0.3, 0.4) is 0 Å². The molecule has 18 heteroatoms. The lowest BCUT2D eigenvalue weighted by atomic mass is 9.44. The second-order valence-corrected chi connectivity index (χ2v) is 21.7. The Morgan fingerprint density at radius 2 is 1.27 bits per heavy atom. The molecule has 362 valence electrons. The molecular formula is C45H74O18. The van der Waals surface area contributed by atoms with Gasteiger partial charge in [0.05, 0.1) is 44.2 Å². The van der Waals surface area contributed by atoms with Crippen molar-refractivity contribution in [3.63, 3.8) is 0 Å². The van der Waals surface area contributed by atoms with Crippen LogP contribution >= 0.6 is 0 Å². The van der Waals surface area contributed by atoms with E-state index in [1.54, 1.807) is 0 Å². The Morgan fingerprint density at radius 3 is 1.95 bits per heavy atom. The van der Waals surface area contributed by atoms with Crippen LogP contribution in [0, 0.1) is 52.3 Å². The molecule has 9 rings (SSSR count). The van der Waals surface area contributed by atoms with Crippen LogP contribution < -0.4 is 0 Å². The van der Waals surface area contributed by atoms with Crippen molar-refractivity contribution in [3.05, 3.63) is 0 Å². The highest BCUT2D eigenvalue weighted by Crippen LogP contribution is 2.71. The summed E-state index contributed by atoms with van der Waals surface area (Å²) in [5, 5.41) is 108. The smallest absolute Gasteiger partial charge is 0.187 e. The summed E-state index contributed by atoms with van der Waals surface area (Å²) in [5.74, 6) is 2.45. The lowest BCUT2D eigenvalue weighted by Gasteiger charge is -2.62. The lowest BCUT2D eigenvalue weighted by Crippen LogP contribution is -2.67. The molecule has 0 radical (unpaired) electrons. The molecule has 18 nitrogen and oxygen atoms in total. The molecule has 4 saturated carbocycles. The van der Waals surface area contributed by atoms with Crippen molar-refractivity contribution in [2.45, 2.75) is 209 Å². The molecule has 28 atom stereocenters. The predicted molar refractivity (Wildman–Crippen MR) is 216 cm³/mol. The van der Waals surface area contributed by atoms with E-state index in [2.05, 4.69) is 27.7 Å². The maximum atomic E-state index is 12.1. The van der Waals surface area contributed by atoms with Crippen LogP contribution in [0.5, 0.6) is 0 Å². The summed E-state index contributed by atoms with van der Waals surface area (Å²) in [6.07, 6.45) is -17.0. The van der Waals surface area contributed by atoms with Crippen molar-refractivity contribution in [2.75, 3.05) is 19.8 Å². The Hall–Kier alpha value is -0.720. The van der Waals surface area contributed by atoms with Gasteiger partial charge in [0.1, 0.15) is 67.1 Å². The van der Waals surface area contributed by atoms with E-state index in [0.717, 1.165) is 51.6 Å². The molecule has 4 aliphatic carbocycles. The first-order valence-electron chi connectivity index (χ1n) is 23.8. The van der Waals surface area contributed by atoms with Crippen molar-refractivity contribution in [1.82, 2.24) is 0 Å². The molecule has 9 aliphatic rings. The normalized spacial score (nSPS) is 59.4. The number of fused-ring (bicyclic) bond motifs is 7. The van der Waals surface area contributed by atoms with Crippen molar-refractivity contribution >= 4 is 0 Å². The van der Waals surface area contributed by atoms with E-state index in [-0.39, 0.29) is 22.9 Å². The Morgan fingerprint density at radius 1 is 0.603 bits per heavy atom. The number of ether oxygens (including phenoxy) is 8. The van der Waals surface area contributed by atoms with E-state index >= 15 is 0 Å². The van der Waals surface area contributed by atoms with Crippen LogP contribution in [-0.4, -0.2) is 187 Å². The first kappa shape index (κ1) is 47.4. The van der Waals surface area contributed by atoms with Gasteiger partial charge in [0, 0.05) is 12.3 Å². The molecule has 0 bridgehead atoms. The van der Waals surface area contributed by atoms with Crippen LogP contribution in [0.4, 0.5) is 0 Å². The fourth-order valence-electron chi connectivity index (χ4n) is 14.7. The third-order valence-electron chi connectivity index (χ3n) is 18.3. The van der Waals surface area contributed by atoms with Crippen LogP contribution in [0.2, 0.25) is 0 Å². The Labute approximate surface area is 369 Å². The zero-order chi connectivity index (χ0) is 45.1. The molecule has 0 aromatic heterocycles. The Kier molecular flexibility index (Phi) is 13.3. The Bertz CT molecular complexity index is 1580. The van der Waals surface area contributed by atoms with Gasteiger partial charge in [-0.2, -0.15) is 0 Å². The van der Waals surface area contributed by atoms with Crippen LogP contribution in [0.25, 0.3) is 0 Å². The zero-order valence-electron chi connectivity index (χ0n) is 37.2. The predicted octanol–water partition coefficient (Wildman–Crippen LogP) is -0.735. The molecule has 0 aromatic carbocycles. The molecule has 63 heavy (non-hydrogen) atoms. The van der Waals surface area contributed by atoms with Crippen molar-refractivity contribution in [1.29, 1.82) is 0 Å². The minimum absolute atomic E-state index is 0.145. The molecule has 5 saturated heterocycles. The van der Waals surface area contributed by atoms with E-state index < -0.39 is 123 Å². The van der Waals surface area contributed by atoms with Gasteiger partial charge >= 0.3 is 0 Å². The molecule has 5 aliphatic heterocycles. The van der Waals surface area contributed by atoms with Crippen LogP contribution in [-0.2, 0) is 37.9 Å². The van der Waals surface area contributed by atoms with Gasteiger partial charge in [-0.1, -0.05) is 27.7 Å². The number of rotatable bonds is 8. The van der Waals surface area contributed by atoms with Crippen molar-refractivity contribution < 1.29 is 89.0 Å². The maximum Gasteiger partial charge on any atom is 0.187 e. The topological polar surface area (TPSA) is 276 Å². The number of aliphatic hydroxyl groups excluding tert-OH is 10. The second-order valence-electron chi connectivity index (χ2n) is 21.7. The van der Waals surface area contributed by atoms with Crippen LogP contribution in [0.15, 0.2) is 0 Å². The number of hydrogen-bond acceptors (Lipinski definition) is 18. The number of hydrogen-bond donors (Lipinski definition) is 10. The van der Waals surface area contributed by atoms with E-state index in [4.69, 9.17) is 37.9 Å². The first-order valence-corrected chi connectivity index (χ1v) is 23.8. The minimum atomic E-state index is -1.85. The summed E-state index contributed by atoms with van der Waals surface area (Å²) < 4.78 is 49.7.